The Hall–Kier alpha value is -2.86. The van der Waals surface area contributed by atoms with Gasteiger partial charge in [0.1, 0.15) is 23.8 Å². The summed E-state index contributed by atoms with van der Waals surface area (Å²) in [5, 5.41) is 12.1. The Bertz CT molecular complexity index is 1030. The van der Waals surface area contributed by atoms with E-state index in [2.05, 4.69) is 6.07 Å². The molecule has 0 saturated carbocycles. The van der Waals surface area contributed by atoms with Crippen LogP contribution in [0.4, 0.5) is 4.39 Å². The first-order valence-corrected chi connectivity index (χ1v) is 10.3. The van der Waals surface area contributed by atoms with E-state index < -0.39 is 5.60 Å². The highest BCUT2D eigenvalue weighted by Gasteiger charge is 2.32. The topological polar surface area (TPSA) is 54.7 Å². The van der Waals surface area contributed by atoms with Crippen LogP contribution in [-0.4, -0.2) is 45.8 Å². The molecule has 1 aliphatic heterocycles. The van der Waals surface area contributed by atoms with E-state index in [4.69, 9.17) is 4.74 Å². The number of nitrogens with zero attached hydrogens (tertiary/aromatic N) is 2. The zero-order chi connectivity index (χ0) is 21.1. The first-order valence-electron chi connectivity index (χ1n) is 10.3. The number of aromatic nitrogens is 1. The number of para-hydroxylation sites is 1. The molecule has 3 aromatic rings. The Labute approximate surface area is 175 Å². The molecule has 6 heteroatoms. The van der Waals surface area contributed by atoms with Crippen molar-refractivity contribution in [1.82, 2.24) is 9.47 Å². The first-order chi connectivity index (χ1) is 14.4. The molecule has 2 heterocycles. The van der Waals surface area contributed by atoms with E-state index in [-0.39, 0.29) is 18.3 Å². The Morgan fingerprint density at radius 1 is 1.13 bits per heavy atom. The molecule has 0 radical (unpaired) electrons. The summed E-state index contributed by atoms with van der Waals surface area (Å²) in [6, 6.07) is 13.9. The van der Waals surface area contributed by atoms with Crippen molar-refractivity contribution in [3.8, 4) is 5.75 Å². The molecule has 0 spiro atoms. The van der Waals surface area contributed by atoms with E-state index in [1.807, 2.05) is 40.9 Å². The largest absolute Gasteiger partial charge is 0.491 e. The number of fused-ring (bicyclic) bond motifs is 1. The van der Waals surface area contributed by atoms with Crippen LogP contribution in [0.1, 0.15) is 24.8 Å². The standard InChI is InChI=1S/C24H27FN2O3/c1-26-16-18(21-5-2-3-6-22(21)26)15-23(28)27-13-4-11-24(29,12-14-27)17-30-20-9-7-19(25)8-10-20/h2-3,5-10,16,29H,4,11-15,17H2,1H3. The van der Waals surface area contributed by atoms with Gasteiger partial charge in [0.15, 0.2) is 0 Å². The average molecular weight is 410 g/mol. The maximum atomic E-state index is 13.0. The quantitative estimate of drug-likeness (QED) is 0.698. The fraction of sp³-hybridized carbons (Fsp3) is 0.375. The van der Waals surface area contributed by atoms with Crippen molar-refractivity contribution in [3.63, 3.8) is 0 Å². The van der Waals surface area contributed by atoms with Gasteiger partial charge in [-0.15, -0.1) is 0 Å². The highest BCUT2D eigenvalue weighted by atomic mass is 19.1. The van der Waals surface area contributed by atoms with Gasteiger partial charge >= 0.3 is 0 Å². The maximum absolute atomic E-state index is 13.0. The number of amides is 1. The van der Waals surface area contributed by atoms with Crippen LogP contribution in [0.15, 0.2) is 54.7 Å². The number of ether oxygens (including phenoxy) is 1. The van der Waals surface area contributed by atoms with Crippen LogP contribution >= 0.6 is 0 Å². The molecule has 1 fully saturated rings. The normalized spacial score (nSPS) is 19.6. The fourth-order valence-corrected chi connectivity index (χ4v) is 4.16. The molecular weight excluding hydrogens is 383 g/mol. The third-order valence-electron chi connectivity index (χ3n) is 5.91. The molecule has 1 atom stereocenters. The third-order valence-corrected chi connectivity index (χ3v) is 5.91. The van der Waals surface area contributed by atoms with Crippen LogP contribution in [0.25, 0.3) is 10.9 Å². The van der Waals surface area contributed by atoms with E-state index in [0.717, 1.165) is 16.5 Å². The summed E-state index contributed by atoms with van der Waals surface area (Å²) < 4.78 is 20.8. The highest BCUT2D eigenvalue weighted by Crippen LogP contribution is 2.26. The lowest BCUT2D eigenvalue weighted by Gasteiger charge is -2.27. The molecule has 0 aliphatic carbocycles. The second-order valence-corrected chi connectivity index (χ2v) is 8.16. The predicted octanol–water partition coefficient (Wildman–Crippen LogP) is 3.68. The van der Waals surface area contributed by atoms with Crippen LogP contribution in [0, 0.1) is 5.82 Å². The first kappa shape index (κ1) is 20.4. The lowest BCUT2D eigenvalue weighted by Crippen LogP contribution is -2.38. The molecule has 30 heavy (non-hydrogen) atoms. The second kappa shape index (κ2) is 8.48. The zero-order valence-corrected chi connectivity index (χ0v) is 17.2. The lowest BCUT2D eigenvalue weighted by molar-refractivity contribution is -0.130. The summed E-state index contributed by atoms with van der Waals surface area (Å²) in [5.41, 5.74) is 1.14. The molecule has 1 amide bonds. The molecular formula is C24H27FN2O3. The Morgan fingerprint density at radius 2 is 1.90 bits per heavy atom. The number of rotatable bonds is 5. The van der Waals surface area contributed by atoms with Gasteiger partial charge in [-0.25, -0.2) is 4.39 Å². The van der Waals surface area contributed by atoms with Crippen molar-refractivity contribution >= 4 is 16.8 Å². The molecule has 4 rings (SSSR count). The van der Waals surface area contributed by atoms with Gasteiger partial charge in [-0.05, 0) is 55.2 Å². The molecule has 1 saturated heterocycles. The number of benzene rings is 2. The van der Waals surface area contributed by atoms with E-state index >= 15 is 0 Å². The van der Waals surface area contributed by atoms with Crippen LogP contribution in [-0.2, 0) is 18.3 Å². The van der Waals surface area contributed by atoms with Gasteiger partial charge in [0, 0.05) is 37.2 Å². The van der Waals surface area contributed by atoms with E-state index in [0.29, 0.717) is 44.5 Å². The number of hydrogen-bond acceptors (Lipinski definition) is 3. The van der Waals surface area contributed by atoms with Gasteiger partial charge in [-0.3, -0.25) is 4.79 Å². The van der Waals surface area contributed by atoms with Crippen molar-refractivity contribution in [2.45, 2.75) is 31.3 Å². The number of hydrogen-bond donors (Lipinski definition) is 1. The summed E-state index contributed by atoms with van der Waals surface area (Å²) in [5.74, 6) is 0.281. The molecule has 2 aromatic carbocycles. The van der Waals surface area contributed by atoms with Crippen molar-refractivity contribution in [2.75, 3.05) is 19.7 Å². The van der Waals surface area contributed by atoms with Crippen LogP contribution in [0.5, 0.6) is 5.75 Å². The Kier molecular flexibility index (Phi) is 5.77. The predicted molar refractivity (Wildman–Crippen MR) is 114 cm³/mol. The molecule has 1 aromatic heterocycles. The summed E-state index contributed by atoms with van der Waals surface area (Å²) in [6.07, 6.45) is 4.10. The van der Waals surface area contributed by atoms with E-state index in [1.54, 1.807) is 12.1 Å². The van der Waals surface area contributed by atoms with E-state index in [1.165, 1.54) is 12.1 Å². The van der Waals surface area contributed by atoms with Gasteiger partial charge in [-0.1, -0.05) is 18.2 Å². The number of carbonyl (C=O) groups excluding carboxylic acids is 1. The summed E-state index contributed by atoms with van der Waals surface area (Å²) in [6.45, 7) is 1.25. The van der Waals surface area contributed by atoms with Gasteiger partial charge < -0.3 is 19.3 Å². The van der Waals surface area contributed by atoms with Gasteiger partial charge in [0.25, 0.3) is 0 Å². The number of aryl methyl sites for hydroxylation is 1. The Balaban J connectivity index is 1.37. The fourth-order valence-electron chi connectivity index (χ4n) is 4.16. The smallest absolute Gasteiger partial charge is 0.227 e. The van der Waals surface area contributed by atoms with E-state index in [9.17, 15) is 14.3 Å². The molecule has 158 valence electrons. The minimum atomic E-state index is -0.997. The van der Waals surface area contributed by atoms with Crippen molar-refractivity contribution < 1.29 is 19.0 Å². The van der Waals surface area contributed by atoms with Crippen molar-refractivity contribution in [2.24, 2.45) is 7.05 Å². The van der Waals surface area contributed by atoms with Crippen LogP contribution in [0.3, 0.4) is 0 Å². The Morgan fingerprint density at radius 3 is 2.70 bits per heavy atom. The molecule has 5 nitrogen and oxygen atoms in total. The zero-order valence-electron chi connectivity index (χ0n) is 17.2. The molecule has 1 aliphatic rings. The van der Waals surface area contributed by atoms with Crippen LogP contribution in [0.2, 0.25) is 0 Å². The summed E-state index contributed by atoms with van der Waals surface area (Å²) in [4.78, 5) is 14.8. The molecule has 1 N–H and O–H groups in total. The van der Waals surface area contributed by atoms with Gasteiger partial charge in [-0.2, -0.15) is 0 Å². The molecule has 0 bridgehead atoms. The van der Waals surface area contributed by atoms with Gasteiger partial charge in [0.05, 0.1) is 6.42 Å². The molecule has 1 unspecified atom stereocenters. The highest BCUT2D eigenvalue weighted by molar-refractivity contribution is 5.89. The average Bonchev–Trinajstić information content (AvgIpc) is 2.92. The lowest BCUT2D eigenvalue weighted by atomic mass is 9.96. The monoisotopic (exact) mass is 410 g/mol. The van der Waals surface area contributed by atoms with Crippen molar-refractivity contribution in [1.29, 1.82) is 0 Å². The summed E-state index contributed by atoms with van der Waals surface area (Å²) in [7, 11) is 1.99. The number of aliphatic hydroxyl groups is 1. The minimum absolute atomic E-state index is 0.0788. The second-order valence-electron chi connectivity index (χ2n) is 8.16. The van der Waals surface area contributed by atoms with Gasteiger partial charge in [0.2, 0.25) is 5.91 Å². The number of halogens is 1. The third kappa shape index (κ3) is 4.49. The maximum Gasteiger partial charge on any atom is 0.227 e. The summed E-state index contributed by atoms with van der Waals surface area (Å²) >= 11 is 0. The van der Waals surface area contributed by atoms with Crippen LogP contribution < -0.4 is 4.74 Å². The SMILES string of the molecule is Cn1cc(CC(=O)N2CCCC(O)(COc3ccc(F)cc3)CC2)c2ccccc21. The number of carbonyl (C=O) groups is 1. The number of likely N-dealkylation sites (tertiary alicyclic amines) is 1. The minimum Gasteiger partial charge on any atom is -0.491 e. The van der Waals surface area contributed by atoms with Crippen molar-refractivity contribution in [3.05, 3.63) is 66.1 Å².